The first kappa shape index (κ1) is 13.4. The van der Waals surface area contributed by atoms with Crippen LogP contribution < -0.4 is 5.32 Å². The zero-order chi connectivity index (χ0) is 12.3. The van der Waals surface area contributed by atoms with Crippen molar-refractivity contribution in [2.45, 2.75) is 30.4 Å². The second kappa shape index (κ2) is 5.76. The molecule has 1 aromatic heterocycles. The van der Waals surface area contributed by atoms with Gasteiger partial charge in [0.05, 0.1) is 4.47 Å². The molecule has 0 atom stereocenters. The number of nitrogens with one attached hydrogen (secondary N) is 1. The third-order valence-corrected chi connectivity index (χ3v) is 5.42. The fourth-order valence-electron chi connectivity index (χ4n) is 2.19. The number of hydrogen-bond acceptors (Lipinski definition) is 4. The van der Waals surface area contributed by atoms with E-state index in [1.165, 1.54) is 25.7 Å². The molecular weight excluding hydrogens is 322 g/mol. The van der Waals surface area contributed by atoms with Gasteiger partial charge in [-0.1, -0.05) is 12.8 Å². The summed E-state index contributed by atoms with van der Waals surface area (Å²) in [7, 11) is 0. The van der Waals surface area contributed by atoms with Crippen molar-refractivity contribution in [3.05, 3.63) is 16.0 Å². The molecule has 1 aromatic rings. The molecule has 0 aromatic carbocycles. The standard InChI is InChI=1S/C11H15BrClN3S/c1-17-11(4-2-3-5-11)7-15-9-8(12)6-14-10(13)16-9/h6H,2-5,7H2,1H3,(H,14,15,16). The topological polar surface area (TPSA) is 37.8 Å². The molecule has 3 nitrogen and oxygen atoms in total. The number of aromatic nitrogens is 2. The largest absolute Gasteiger partial charge is 0.368 e. The summed E-state index contributed by atoms with van der Waals surface area (Å²) in [6, 6.07) is 0. The average Bonchev–Trinajstić information content (AvgIpc) is 2.80. The van der Waals surface area contributed by atoms with Crippen molar-refractivity contribution >= 4 is 45.1 Å². The van der Waals surface area contributed by atoms with Gasteiger partial charge >= 0.3 is 0 Å². The Hall–Kier alpha value is -0.000000000000000111. The van der Waals surface area contributed by atoms with E-state index in [0.717, 1.165) is 16.8 Å². The summed E-state index contributed by atoms with van der Waals surface area (Å²) < 4.78 is 1.22. The van der Waals surface area contributed by atoms with Gasteiger partial charge < -0.3 is 5.32 Å². The lowest BCUT2D eigenvalue weighted by Gasteiger charge is -2.27. The lowest BCUT2D eigenvalue weighted by Crippen LogP contribution is -2.30. The maximum absolute atomic E-state index is 5.79. The zero-order valence-corrected chi connectivity index (χ0v) is 12.8. The smallest absolute Gasteiger partial charge is 0.224 e. The first-order valence-electron chi connectivity index (χ1n) is 5.62. The number of anilines is 1. The van der Waals surface area contributed by atoms with Crippen LogP contribution in [0.4, 0.5) is 5.82 Å². The highest BCUT2D eigenvalue weighted by molar-refractivity contribution is 9.10. The van der Waals surface area contributed by atoms with Crippen molar-refractivity contribution in [3.8, 4) is 0 Å². The van der Waals surface area contributed by atoms with E-state index in [2.05, 4.69) is 37.5 Å². The van der Waals surface area contributed by atoms with Gasteiger partial charge in [0.15, 0.2) is 0 Å². The molecule has 94 valence electrons. The molecule has 6 heteroatoms. The van der Waals surface area contributed by atoms with E-state index in [1.807, 2.05) is 11.8 Å². The first-order chi connectivity index (χ1) is 8.15. The minimum atomic E-state index is 0.278. The molecule has 0 aliphatic heterocycles. The highest BCUT2D eigenvalue weighted by atomic mass is 79.9. The Morgan fingerprint density at radius 3 is 2.88 bits per heavy atom. The number of rotatable bonds is 4. The van der Waals surface area contributed by atoms with Crippen LogP contribution in [0.2, 0.25) is 5.28 Å². The summed E-state index contributed by atoms with van der Waals surface area (Å²) in [5.74, 6) is 0.783. The van der Waals surface area contributed by atoms with Crippen molar-refractivity contribution in [1.29, 1.82) is 0 Å². The fraction of sp³-hybridized carbons (Fsp3) is 0.636. The van der Waals surface area contributed by atoms with Gasteiger partial charge in [0.1, 0.15) is 5.82 Å². The fourth-order valence-corrected chi connectivity index (χ4v) is 3.56. The molecule has 1 saturated carbocycles. The van der Waals surface area contributed by atoms with Crippen LogP contribution in [-0.4, -0.2) is 27.5 Å². The molecule has 1 aliphatic rings. The predicted octanol–water partition coefficient (Wildman–Crippen LogP) is 3.98. The molecule has 1 aliphatic carbocycles. The monoisotopic (exact) mass is 335 g/mol. The van der Waals surface area contributed by atoms with E-state index < -0.39 is 0 Å². The van der Waals surface area contributed by atoms with E-state index in [4.69, 9.17) is 11.6 Å². The minimum absolute atomic E-state index is 0.278. The van der Waals surface area contributed by atoms with Crippen molar-refractivity contribution in [1.82, 2.24) is 9.97 Å². The average molecular weight is 337 g/mol. The van der Waals surface area contributed by atoms with Crippen LogP contribution in [0.15, 0.2) is 10.7 Å². The van der Waals surface area contributed by atoms with Crippen molar-refractivity contribution in [2.24, 2.45) is 0 Å². The highest BCUT2D eigenvalue weighted by Crippen LogP contribution is 2.40. The Morgan fingerprint density at radius 1 is 1.53 bits per heavy atom. The molecule has 0 amide bonds. The van der Waals surface area contributed by atoms with Gasteiger partial charge in [0.2, 0.25) is 5.28 Å². The summed E-state index contributed by atoms with van der Waals surface area (Å²) in [5.41, 5.74) is 0. The van der Waals surface area contributed by atoms with Crippen LogP contribution in [0.3, 0.4) is 0 Å². The van der Waals surface area contributed by atoms with Crippen molar-refractivity contribution < 1.29 is 0 Å². The Balaban J connectivity index is 2.03. The van der Waals surface area contributed by atoms with Gasteiger partial charge in [-0.15, -0.1) is 0 Å². The van der Waals surface area contributed by atoms with E-state index in [0.29, 0.717) is 4.75 Å². The lowest BCUT2D eigenvalue weighted by atomic mass is 10.1. The van der Waals surface area contributed by atoms with E-state index in [-0.39, 0.29) is 5.28 Å². The van der Waals surface area contributed by atoms with E-state index in [9.17, 15) is 0 Å². The van der Waals surface area contributed by atoms with Gasteiger partial charge in [0.25, 0.3) is 0 Å². The molecule has 0 bridgehead atoms. The van der Waals surface area contributed by atoms with Crippen LogP contribution in [-0.2, 0) is 0 Å². The number of halogens is 2. The summed E-state index contributed by atoms with van der Waals surface area (Å²) in [5, 5.41) is 3.66. The van der Waals surface area contributed by atoms with Crippen molar-refractivity contribution in [2.75, 3.05) is 18.1 Å². The maximum Gasteiger partial charge on any atom is 0.224 e. The van der Waals surface area contributed by atoms with Gasteiger partial charge in [-0.3, -0.25) is 0 Å². The van der Waals surface area contributed by atoms with Gasteiger partial charge in [0, 0.05) is 17.5 Å². The maximum atomic E-state index is 5.79. The zero-order valence-electron chi connectivity index (χ0n) is 9.67. The quantitative estimate of drug-likeness (QED) is 0.844. The Kier molecular flexibility index (Phi) is 4.55. The number of nitrogens with zero attached hydrogens (tertiary/aromatic N) is 2. The third-order valence-electron chi connectivity index (χ3n) is 3.24. The van der Waals surface area contributed by atoms with Crippen LogP contribution >= 0.6 is 39.3 Å². The van der Waals surface area contributed by atoms with Gasteiger partial charge in [-0.25, -0.2) is 4.98 Å². The predicted molar refractivity (Wildman–Crippen MR) is 77.9 cm³/mol. The molecule has 1 N–H and O–H groups in total. The summed E-state index contributed by atoms with van der Waals surface area (Å²) in [6.45, 7) is 0.931. The SMILES string of the molecule is CSC1(CNc2nc(Cl)ncc2Br)CCCC1. The van der Waals surface area contributed by atoms with Crippen LogP contribution in [0.5, 0.6) is 0 Å². The van der Waals surface area contributed by atoms with Gasteiger partial charge in [-0.2, -0.15) is 16.7 Å². The van der Waals surface area contributed by atoms with E-state index >= 15 is 0 Å². The molecule has 0 saturated heterocycles. The van der Waals surface area contributed by atoms with Crippen LogP contribution in [0.25, 0.3) is 0 Å². The molecule has 0 radical (unpaired) electrons. The normalized spacial score (nSPS) is 18.3. The molecular formula is C11H15BrClN3S. The third kappa shape index (κ3) is 3.26. The summed E-state index contributed by atoms with van der Waals surface area (Å²) >= 11 is 11.2. The molecule has 0 spiro atoms. The molecule has 0 unspecified atom stereocenters. The first-order valence-corrected chi connectivity index (χ1v) is 8.02. The lowest BCUT2D eigenvalue weighted by molar-refractivity contribution is 0.638. The summed E-state index contributed by atoms with van der Waals surface area (Å²) in [4.78, 5) is 8.11. The molecule has 1 fully saturated rings. The Bertz CT molecular complexity index is 396. The van der Waals surface area contributed by atoms with Crippen LogP contribution in [0, 0.1) is 0 Å². The van der Waals surface area contributed by atoms with Crippen LogP contribution in [0.1, 0.15) is 25.7 Å². The Labute approximate surface area is 119 Å². The molecule has 2 rings (SSSR count). The van der Waals surface area contributed by atoms with Gasteiger partial charge in [-0.05, 0) is 46.6 Å². The second-order valence-corrected chi connectivity index (χ2v) is 6.75. The minimum Gasteiger partial charge on any atom is -0.368 e. The Morgan fingerprint density at radius 2 is 2.24 bits per heavy atom. The summed E-state index contributed by atoms with van der Waals surface area (Å²) in [6.07, 6.45) is 9.07. The van der Waals surface area contributed by atoms with E-state index in [1.54, 1.807) is 6.20 Å². The number of hydrogen-bond donors (Lipinski definition) is 1. The molecule has 1 heterocycles. The highest BCUT2D eigenvalue weighted by Gasteiger charge is 2.32. The van der Waals surface area contributed by atoms with Crippen molar-refractivity contribution in [3.63, 3.8) is 0 Å². The molecule has 17 heavy (non-hydrogen) atoms. The second-order valence-electron chi connectivity index (χ2n) is 4.28. The number of thioether (sulfide) groups is 1.